The Morgan fingerprint density at radius 2 is 2.00 bits per heavy atom. The zero-order valence-electron chi connectivity index (χ0n) is 7.59. The van der Waals surface area contributed by atoms with Gasteiger partial charge in [0.2, 0.25) is 5.28 Å². The van der Waals surface area contributed by atoms with E-state index in [4.69, 9.17) is 27.9 Å². The molecule has 15 heavy (non-hydrogen) atoms. The smallest absolute Gasteiger partial charge is 0.224 e. The molecule has 0 aliphatic heterocycles. The second-order valence-corrected chi connectivity index (χ2v) is 4.31. The number of nitrogens with zero attached hydrogens (tertiary/aromatic N) is 2. The number of rotatable bonds is 1. The lowest BCUT2D eigenvalue weighted by Gasteiger charge is -2.07. The van der Waals surface area contributed by atoms with Crippen molar-refractivity contribution in [2.24, 2.45) is 0 Å². The van der Waals surface area contributed by atoms with Crippen LogP contribution in [0.5, 0.6) is 5.75 Å². The molecule has 0 aliphatic carbocycles. The molecule has 0 N–H and O–H groups in total. The molecule has 0 atom stereocenters. The van der Waals surface area contributed by atoms with Gasteiger partial charge in [-0.3, -0.25) is 0 Å². The first-order valence-corrected chi connectivity index (χ1v) is 5.53. The molecule has 2 aromatic rings. The SMILES string of the molecule is COc1ccc(Br)c2c(Cl)nc(Cl)nc12. The second-order valence-electron chi connectivity index (χ2n) is 2.76. The lowest BCUT2D eigenvalue weighted by Crippen LogP contribution is -1.92. The van der Waals surface area contributed by atoms with Crippen molar-refractivity contribution < 1.29 is 4.74 Å². The lowest BCUT2D eigenvalue weighted by molar-refractivity contribution is 0.419. The summed E-state index contributed by atoms with van der Waals surface area (Å²) in [5.74, 6) is 0.611. The Kier molecular flexibility index (Phi) is 3.00. The Bertz CT molecular complexity index is 533. The standard InChI is InChI=1S/C9H5BrCl2N2O/c1-15-5-3-2-4(10)6-7(5)13-9(12)14-8(6)11/h2-3H,1H3. The largest absolute Gasteiger partial charge is 0.494 e. The average molecular weight is 308 g/mol. The third-order valence-corrected chi connectivity index (χ3v) is 3.01. The lowest BCUT2D eigenvalue weighted by atomic mass is 10.2. The van der Waals surface area contributed by atoms with E-state index >= 15 is 0 Å². The van der Waals surface area contributed by atoms with Crippen LogP contribution in [0.25, 0.3) is 10.9 Å². The predicted molar refractivity (Wildman–Crippen MR) is 63.8 cm³/mol. The Hall–Kier alpha value is -0.580. The van der Waals surface area contributed by atoms with E-state index in [2.05, 4.69) is 25.9 Å². The van der Waals surface area contributed by atoms with Crippen LogP contribution in [0.4, 0.5) is 0 Å². The molecule has 0 radical (unpaired) electrons. The third kappa shape index (κ3) is 1.89. The fourth-order valence-corrected chi connectivity index (χ4v) is 2.38. The highest BCUT2D eigenvalue weighted by Crippen LogP contribution is 2.34. The average Bonchev–Trinajstić information content (AvgIpc) is 2.17. The van der Waals surface area contributed by atoms with Crippen molar-refractivity contribution in [2.75, 3.05) is 7.11 Å². The van der Waals surface area contributed by atoms with Crippen molar-refractivity contribution >= 4 is 50.0 Å². The molecule has 0 aliphatic rings. The number of ether oxygens (including phenoxy) is 1. The molecular formula is C9H5BrCl2N2O. The summed E-state index contributed by atoms with van der Waals surface area (Å²) in [7, 11) is 1.56. The number of hydrogen-bond donors (Lipinski definition) is 0. The van der Waals surface area contributed by atoms with Gasteiger partial charge in [-0.15, -0.1) is 0 Å². The van der Waals surface area contributed by atoms with Crippen molar-refractivity contribution in [1.29, 1.82) is 0 Å². The summed E-state index contributed by atoms with van der Waals surface area (Å²) in [4.78, 5) is 7.96. The molecule has 3 nitrogen and oxygen atoms in total. The van der Waals surface area contributed by atoms with Crippen LogP contribution in [0, 0.1) is 0 Å². The molecule has 78 valence electrons. The van der Waals surface area contributed by atoms with Crippen LogP contribution in [0.15, 0.2) is 16.6 Å². The van der Waals surface area contributed by atoms with Gasteiger partial charge in [0.1, 0.15) is 16.4 Å². The van der Waals surface area contributed by atoms with Gasteiger partial charge in [0.25, 0.3) is 0 Å². The number of methoxy groups -OCH3 is 1. The van der Waals surface area contributed by atoms with Crippen LogP contribution in [-0.4, -0.2) is 17.1 Å². The monoisotopic (exact) mass is 306 g/mol. The van der Waals surface area contributed by atoms with Gasteiger partial charge in [-0.25, -0.2) is 9.97 Å². The normalized spacial score (nSPS) is 10.7. The van der Waals surface area contributed by atoms with Gasteiger partial charge in [0, 0.05) is 4.47 Å². The highest BCUT2D eigenvalue weighted by molar-refractivity contribution is 9.10. The zero-order chi connectivity index (χ0) is 11.0. The fourth-order valence-electron chi connectivity index (χ4n) is 1.27. The highest BCUT2D eigenvalue weighted by Gasteiger charge is 2.12. The van der Waals surface area contributed by atoms with Crippen molar-refractivity contribution in [3.8, 4) is 5.75 Å². The number of benzene rings is 1. The maximum Gasteiger partial charge on any atom is 0.224 e. The minimum Gasteiger partial charge on any atom is -0.494 e. The summed E-state index contributed by atoms with van der Waals surface area (Å²) in [6.45, 7) is 0. The zero-order valence-corrected chi connectivity index (χ0v) is 10.7. The Morgan fingerprint density at radius 1 is 1.27 bits per heavy atom. The first-order valence-electron chi connectivity index (χ1n) is 3.98. The van der Waals surface area contributed by atoms with E-state index in [1.165, 1.54) is 0 Å². The summed E-state index contributed by atoms with van der Waals surface area (Å²) in [6, 6.07) is 3.61. The predicted octanol–water partition coefficient (Wildman–Crippen LogP) is 3.71. The molecule has 2 rings (SSSR count). The van der Waals surface area contributed by atoms with Crippen molar-refractivity contribution in [3.63, 3.8) is 0 Å². The van der Waals surface area contributed by atoms with Crippen molar-refractivity contribution in [1.82, 2.24) is 9.97 Å². The van der Waals surface area contributed by atoms with Crippen molar-refractivity contribution in [3.05, 3.63) is 27.0 Å². The van der Waals surface area contributed by atoms with Crippen LogP contribution in [0.3, 0.4) is 0 Å². The fraction of sp³-hybridized carbons (Fsp3) is 0.111. The summed E-state index contributed by atoms with van der Waals surface area (Å²) in [5.41, 5.74) is 0.594. The molecule has 1 heterocycles. The van der Waals surface area contributed by atoms with Crippen LogP contribution < -0.4 is 4.74 Å². The van der Waals surface area contributed by atoms with E-state index in [-0.39, 0.29) is 5.28 Å². The quantitative estimate of drug-likeness (QED) is 0.595. The topological polar surface area (TPSA) is 35.0 Å². The van der Waals surface area contributed by atoms with E-state index in [0.29, 0.717) is 21.8 Å². The van der Waals surface area contributed by atoms with E-state index in [1.54, 1.807) is 13.2 Å². The summed E-state index contributed by atoms with van der Waals surface area (Å²) in [6.07, 6.45) is 0. The molecule has 0 amide bonds. The summed E-state index contributed by atoms with van der Waals surface area (Å²) in [5, 5.41) is 1.10. The maximum atomic E-state index is 5.98. The molecule has 0 saturated carbocycles. The summed E-state index contributed by atoms with van der Waals surface area (Å²) < 4.78 is 5.97. The van der Waals surface area contributed by atoms with Crippen LogP contribution in [0.2, 0.25) is 10.4 Å². The van der Waals surface area contributed by atoms with Crippen LogP contribution in [-0.2, 0) is 0 Å². The summed E-state index contributed by atoms with van der Waals surface area (Å²) >= 11 is 15.1. The molecule has 0 fully saturated rings. The van der Waals surface area contributed by atoms with Gasteiger partial charge >= 0.3 is 0 Å². The van der Waals surface area contributed by atoms with Gasteiger partial charge in [0.15, 0.2) is 0 Å². The first kappa shape index (κ1) is 10.9. The highest BCUT2D eigenvalue weighted by atomic mass is 79.9. The number of hydrogen-bond acceptors (Lipinski definition) is 3. The van der Waals surface area contributed by atoms with Crippen LogP contribution in [0.1, 0.15) is 0 Å². The number of aromatic nitrogens is 2. The number of fused-ring (bicyclic) bond motifs is 1. The van der Waals surface area contributed by atoms with Gasteiger partial charge in [-0.1, -0.05) is 11.6 Å². The molecular weight excluding hydrogens is 303 g/mol. The first-order chi connectivity index (χ1) is 7.13. The van der Waals surface area contributed by atoms with Gasteiger partial charge < -0.3 is 4.74 Å². The molecule has 0 bridgehead atoms. The van der Waals surface area contributed by atoms with Gasteiger partial charge in [-0.2, -0.15) is 0 Å². The molecule has 0 spiro atoms. The molecule has 1 aromatic heterocycles. The van der Waals surface area contributed by atoms with E-state index < -0.39 is 0 Å². The maximum absolute atomic E-state index is 5.98. The molecule has 0 unspecified atom stereocenters. The second kappa shape index (κ2) is 4.12. The molecule has 1 aromatic carbocycles. The Labute approximate surface area is 105 Å². The minimum atomic E-state index is 0.101. The minimum absolute atomic E-state index is 0.101. The number of halogens is 3. The van der Waals surface area contributed by atoms with Gasteiger partial charge in [-0.05, 0) is 39.7 Å². The third-order valence-electron chi connectivity index (χ3n) is 1.91. The van der Waals surface area contributed by atoms with Crippen LogP contribution >= 0.6 is 39.1 Å². The Morgan fingerprint density at radius 3 is 2.67 bits per heavy atom. The molecule has 0 saturated heterocycles. The van der Waals surface area contributed by atoms with E-state index in [0.717, 1.165) is 4.47 Å². The Balaban J connectivity index is 2.93. The van der Waals surface area contributed by atoms with Crippen molar-refractivity contribution in [2.45, 2.75) is 0 Å². The molecule has 6 heteroatoms. The van der Waals surface area contributed by atoms with Gasteiger partial charge in [0.05, 0.1) is 12.5 Å². The van der Waals surface area contributed by atoms with E-state index in [1.807, 2.05) is 6.07 Å². The van der Waals surface area contributed by atoms with E-state index in [9.17, 15) is 0 Å².